The minimum absolute atomic E-state index is 0.350. The van der Waals surface area contributed by atoms with Crippen LogP contribution in [0.5, 0.6) is 0 Å². The van der Waals surface area contributed by atoms with Gasteiger partial charge in [-0.05, 0) is 25.2 Å². The third-order valence-corrected chi connectivity index (χ3v) is 4.56. The number of rotatable bonds is 12. The van der Waals surface area contributed by atoms with Crippen LogP contribution in [0, 0.1) is 11.3 Å². The zero-order valence-electron chi connectivity index (χ0n) is 13.5. The van der Waals surface area contributed by atoms with Crippen molar-refractivity contribution in [2.24, 2.45) is 11.3 Å². The zero-order valence-corrected chi connectivity index (χ0v) is 13.5. The van der Waals surface area contributed by atoms with Crippen molar-refractivity contribution in [2.75, 3.05) is 0 Å². The van der Waals surface area contributed by atoms with Crippen molar-refractivity contribution >= 4 is 5.97 Å². The van der Waals surface area contributed by atoms with Crippen molar-refractivity contribution in [1.29, 1.82) is 0 Å². The summed E-state index contributed by atoms with van der Waals surface area (Å²) in [7, 11) is 0. The Hall–Kier alpha value is -0.530. The molecular formula is C17H34O2. The number of hydrogen-bond donors (Lipinski definition) is 1. The Morgan fingerprint density at radius 3 is 1.74 bits per heavy atom. The molecule has 0 heterocycles. The molecule has 0 spiro atoms. The van der Waals surface area contributed by atoms with E-state index in [1.54, 1.807) is 0 Å². The molecule has 0 aliphatic rings. The molecule has 0 saturated heterocycles. The van der Waals surface area contributed by atoms with Crippen LogP contribution < -0.4 is 0 Å². The molecule has 0 rings (SSSR count). The first kappa shape index (κ1) is 18.5. The van der Waals surface area contributed by atoms with E-state index < -0.39 is 11.4 Å². The molecule has 0 aromatic carbocycles. The molecule has 0 aliphatic heterocycles. The Bertz CT molecular complexity index is 227. The van der Waals surface area contributed by atoms with Crippen LogP contribution in [-0.2, 0) is 4.79 Å². The summed E-state index contributed by atoms with van der Waals surface area (Å²) in [6, 6.07) is 0. The van der Waals surface area contributed by atoms with Gasteiger partial charge in [0.25, 0.3) is 0 Å². The van der Waals surface area contributed by atoms with E-state index in [2.05, 4.69) is 27.7 Å². The van der Waals surface area contributed by atoms with Gasteiger partial charge in [0.1, 0.15) is 0 Å². The fourth-order valence-electron chi connectivity index (χ4n) is 3.23. The number of hydrogen-bond acceptors (Lipinski definition) is 1. The largest absolute Gasteiger partial charge is 0.481 e. The highest BCUT2D eigenvalue weighted by molar-refractivity contribution is 5.75. The zero-order chi connectivity index (χ0) is 14.7. The first-order chi connectivity index (χ1) is 9.08. The molecule has 0 aromatic rings. The fourth-order valence-corrected chi connectivity index (χ4v) is 3.23. The van der Waals surface area contributed by atoms with Crippen LogP contribution in [0.1, 0.15) is 91.9 Å². The molecule has 0 bridgehead atoms. The molecule has 1 atom stereocenters. The number of carbonyl (C=O) groups is 1. The van der Waals surface area contributed by atoms with Gasteiger partial charge in [0.2, 0.25) is 0 Å². The van der Waals surface area contributed by atoms with Crippen molar-refractivity contribution in [3.8, 4) is 0 Å². The van der Waals surface area contributed by atoms with Crippen molar-refractivity contribution in [2.45, 2.75) is 91.9 Å². The molecule has 0 saturated carbocycles. The lowest BCUT2D eigenvalue weighted by Crippen LogP contribution is -2.39. The standard InChI is InChI=1S/C17H34O2/c1-5-9-12-15(8-4)17(16(18)19,13-10-6-2)14-11-7-3/h15H,5-14H2,1-4H3,(H,18,19). The van der Waals surface area contributed by atoms with Gasteiger partial charge in [-0.2, -0.15) is 0 Å². The summed E-state index contributed by atoms with van der Waals surface area (Å²) in [6.07, 6.45) is 10.4. The van der Waals surface area contributed by atoms with E-state index in [1.807, 2.05) is 0 Å². The normalized spacial score (nSPS) is 13.5. The van der Waals surface area contributed by atoms with Gasteiger partial charge in [0.05, 0.1) is 5.41 Å². The molecular weight excluding hydrogens is 236 g/mol. The SMILES string of the molecule is CCCCC(CC)C(CCCC)(CCCC)C(=O)O. The topological polar surface area (TPSA) is 37.3 Å². The quantitative estimate of drug-likeness (QED) is 0.497. The Morgan fingerprint density at radius 2 is 1.42 bits per heavy atom. The fraction of sp³-hybridized carbons (Fsp3) is 0.941. The molecule has 2 nitrogen and oxygen atoms in total. The van der Waals surface area contributed by atoms with Crippen LogP contribution >= 0.6 is 0 Å². The van der Waals surface area contributed by atoms with Crippen LogP contribution in [0.2, 0.25) is 0 Å². The predicted octanol–water partition coefficient (Wildman–Crippen LogP) is 5.65. The summed E-state index contributed by atoms with van der Waals surface area (Å²) in [5, 5.41) is 9.88. The van der Waals surface area contributed by atoms with Crippen LogP contribution in [0.4, 0.5) is 0 Å². The minimum Gasteiger partial charge on any atom is -0.481 e. The van der Waals surface area contributed by atoms with Gasteiger partial charge in [-0.1, -0.05) is 72.6 Å². The predicted molar refractivity (Wildman–Crippen MR) is 82.4 cm³/mol. The molecule has 0 aliphatic carbocycles. The van der Waals surface area contributed by atoms with Gasteiger partial charge in [-0.25, -0.2) is 0 Å². The lowest BCUT2D eigenvalue weighted by Gasteiger charge is -2.37. The molecule has 0 aromatic heterocycles. The third-order valence-electron chi connectivity index (χ3n) is 4.56. The average molecular weight is 270 g/mol. The smallest absolute Gasteiger partial charge is 0.309 e. The summed E-state index contributed by atoms with van der Waals surface area (Å²) < 4.78 is 0. The van der Waals surface area contributed by atoms with Gasteiger partial charge in [0, 0.05) is 0 Å². The van der Waals surface area contributed by atoms with Gasteiger partial charge in [-0.15, -0.1) is 0 Å². The minimum atomic E-state index is -0.544. The molecule has 0 radical (unpaired) electrons. The Balaban J connectivity index is 5.06. The number of aliphatic carboxylic acids is 1. The van der Waals surface area contributed by atoms with Crippen molar-refractivity contribution in [3.05, 3.63) is 0 Å². The number of unbranched alkanes of at least 4 members (excludes halogenated alkanes) is 3. The highest BCUT2D eigenvalue weighted by atomic mass is 16.4. The number of carboxylic acids is 1. The average Bonchev–Trinajstić information content (AvgIpc) is 2.41. The van der Waals surface area contributed by atoms with Gasteiger partial charge < -0.3 is 5.11 Å². The van der Waals surface area contributed by atoms with E-state index in [0.717, 1.165) is 64.2 Å². The second-order valence-electron chi connectivity index (χ2n) is 5.92. The molecule has 1 N–H and O–H groups in total. The van der Waals surface area contributed by atoms with E-state index in [9.17, 15) is 9.90 Å². The first-order valence-electron chi connectivity index (χ1n) is 8.32. The molecule has 2 heteroatoms. The maximum atomic E-state index is 12.0. The van der Waals surface area contributed by atoms with Gasteiger partial charge in [0.15, 0.2) is 0 Å². The monoisotopic (exact) mass is 270 g/mol. The molecule has 0 fully saturated rings. The Morgan fingerprint density at radius 1 is 0.947 bits per heavy atom. The third kappa shape index (κ3) is 5.54. The van der Waals surface area contributed by atoms with Gasteiger partial charge in [-0.3, -0.25) is 4.79 Å². The van der Waals surface area contributed by atoms with Crippen molar-refractivity contribution in [3.63, 3.8) is 0 Å². The molecule has 0 amide bonds. The van der Waals surface area contributed by atoms with Crippen LogP contribution in [0.3, 0.4) is 0 Å². The van der Waals surface area contributed by atoms with Crippen LogP contribution in [0.15, 0.2) is 0 Å². The van der Waals surface area contributed by atoms with Crippen LogP contribution in [-0.4, -0.2) is 11.1 Å². The van der Waals surface area contributed by atoms with E-state index in [-0.39, 0.29) is 0 Å². The lowest BCUT2D eigenvalue weighted by molar-refractivity contribution is -0.154. The van der Waals surface area contributed by atoms with E-state index in [4.69, 9.17) is 0 Å². The van der Waals surface area contributed by atoms with Crippen molar-refractivity contribution in [1.82, 2.24) is 0 Å². The summed E-state index contributed by atoms with van der Waals surface area (Å²) in [4.78, 5) is 12.0. The molecule has 1 unspecified atom stereocenters. The summed E-state index contributed by atoms with van der Waals surface area (Å²) >= 11 is 0. The summed E-state index contributed by atoms with van der Waals surface area (Å²) in [5.41, 5.74) is -0.462. The van der Waals surface area contributed by atoms with Crippen LogP contribution in [0.25, 0.3) is 0 Å². The Kier molecular flexibility index (Phi) is 9.99. The molecule has 19 heavy (non-hydrogen) atoms. The lowest BCUT2D eigenvalue weighted by atomic mass is 9.66. The Labute approximate surface area is 120 Å². The molecule has 114 valence electrons. The number of carboxylic acid groups (broad SMARTS) is 1. The second kappa shape index (κ2) is 10.3. The van der Waals surface area contributed by atoms with E-state index >= 15 is 0 Å². The van der Waals surface area contributed by atoms with E-state index in [0.29, 0.717) is 5.92 Å². The van der Waals surface area contributed by atoms with E-state index in [1.165, 1.54) is 0 Å². The van der Waals surface area contributed by atoms with Crippen molar-refractivity contribution < 1.29 is 9.90 Å². The summed E-state index contributed by atoms with van der Waals surface area (Å²) in [6.45, 7) is 8.65. The maximum absolute atomic E-state index is 12.0. The highest BCUT2D eigenvalue weighted by Gasteiger charge is 2.43. The second-order valence-corrected chi connectivity index (χ2v) is 5.92. The maximum Gasteiger partial charge on any atom is 0.309 e. The highest BCUT2D eigenvalue weighted by Crippen LogP contribution is 2.43. The summed E-state index contributed by atoms with van der Waals surface area (Å²) in [5.74, 6) is -0.194. The first-order valence-corrected chi connectivity index (χ1v) is 8.32. The van der Waals surface area contributed by atoms with Gasteiger partial charge >= 0.3 is 5.97 Å².